The molecule has 0 spiro atoms. The van der Waals surface area contributed by atoms with E-state index in [9.17, 15) is 4.79 Å². The maximum atomic E-state index is 12.3. The van der Waals surface area contributed by atoms with Gasteiger partial charge in [-0.05, 0) is 29.3 Å². The first-order valence-corrected chi connectivity index (χ1v) is 8.62. The zero-order valence-corrected chi connectivity index (χ0v) is 14.6. The molecule has 1 saturated heterocycles. The summed E-state index contributed by atoms with van der Waals surface area (Å²) < 4.78 is 5.19. The highest BCUT2D eigenvalue weighted by atomic mass is 16.5. The molecule has 2 aromatic carbocycles. The van der Waals surface area contributed by atoms with Gasteiger partial charge in [0.15, 0.2) is 0 Å². The van der Waals surface area contributed by atoms with Gasteiger partial charge in [-0.2, -0.15) is 0 Å². The van der Waals surface area contributed by atoms with Crippen LogP contribution < -0.4 is 4.74 Å². The van der Waals surface area contributed by atoms with Crippen LogP contribution in [0.1, 0.15) is 11.1 Å². The fourth-order valence-electron chi connectivity index (χ4n) is 2.95. The van der Waals surface area contributed by atoms with E-state index in [0.29, 0.717) is 0 Å². The topological polar surface area (TPSA) is 32.8 Å². The summed E-state index contributed by atoms with van der Waals surface area (Å²) in [6, 6.07) is 18.1. The third-order valence-corrected chi connectivity index (χ3v) is 4.47. The Labute approximate surface area is 149 Å². The molecule has 25 heavy (non-hydrogen) atoms. The van der Waals surface area contributed by atoms with E-state index >= 15 is 0 Å². The van der Waals surface area contributed by atoms with Gasteiger partial charge in [0.25, 0.3) is 0 Å². The first kappa shape index (κ1) is 17.2. The summed E-state index contributed by atoms with van der Waals surface area (Å²) in [5, 5.41) is 0. The molecular formula is C21H24N2O2. The van der Waals surface area contributed by atoms with Crippen LogP contribution in [0, 0.1) is 0 Å². The Hall–Kier alpha value is -2.59. The van der Waals surface area contributed by atoms with E-state index < -0.39 is 0 Å². The van der Waals surface area contributed by atoms with Crippen LogP contribution in [0.3, 0.4) is 0 Å². The van der Waals surface area contributed by atoms with E-state index in [2.05, 4.69) is 17.0 Å². The van der Waals surface area contributed by atoms with Crippen molar-refractivity contribution >= 4 is 12.0 Å². The smallest absolute Gasteiger partial charge is 0.246 e. The third-order valence-electron chi connectivity index (χ3n) is 4.47. The molecule has 1 heterocycles. The number of hydrogen-bond donors (Lipinski definition) is 0. The molecular weight excluding hydrogens is 312 g/mol. The molecule has 0 unspecified atom stereocenters. The van der Waals surface area contributed by atoms with E-state index in [1.165, 1.54) is 5.56 Å². The molecule has 4 nitrogen and oxygen atoms in total. The minimum Gasteiger partial charge on any atom is -0.497 e. The molecule has 0 bridgehead atoms. The van der Waals surface area contributed by atoms with Crippen molar-refractivity contribution in [3.63, 3.8) is 0 Å². The minimum absolute atomic E-state index is 0.0907. The number of nitrogens with zero attached hydrogens (tertiary/aromatic N) is 2. The van der Waals surface area contributed by atoms with E-state index in [0.717, 1.165) is 44.0 Å². The SMILES string of the molecule is COc1ccc(CN2CCN(C(=O)/C=C/c3ccccc3)CC2)cc1. The van der Waals surface area contributed by atoms with Gasteiger partial charge < -0.3 is 9.64 Å². The zero-order chi connectivity index (χ0) is 17.5. The lowest BCUT2D eigenvalue weighted by Crippen LogP contribution is -2.47. The van der Waals surface area contributed by atoms with Crippen molar-refractivity contribution in [1.82, 2.24) is 9.80 Å². The van der Waals surface area contributed by atoms with Gasteiger partial charge >= 0.3 is 0 Å². The summed E-state index contributed by atoms with van der Waals surface area (Å²) in [5.74, 6) is 0.970. The van der Waals surface area contributed by atoms with Crippen LogP contribution in [-0.4, -0.2) is 49.0 Å². The van der Waals surface area contributed by atoms with Crippen LogP contribution in [0.25, 0.3) is 6.08 Å². The molecule has 1 aliphatic rings. The average Bonchev–Trinajstić information content (AvgIpc) is 2.68. The zero-order valence-electron chi connectivity index (χ0n) is 14.6. The number of benzene rings is 2. The van der Waals surface area contributed by atoms with Gasteiger partial charge in [0, 0.05) is 38.8 Å². The van der Waals surface area contributed by atoms with Gasteiger partial charge in [0.2, 0.25) is 5.91 Å². The lowest BCUT2D eigenvalue weighted by Gasteiger charge is -2.34. The lowest BCUT2D eigenvalue weighted by atomic mass is 10.2. The highest BCUT2D eigenvalue weighted by molar-refractivity contribution is 5.91. The van der Waals surface area contributed by atoms with Crippen molar-refractivity contribution in [1.29, 1.82) is 0 Å². The fraction of sp³-hybridized carbons (Fsp3) is 0.286. The van der Waals surface area contributed by atoms with E-state index in [4.69, 9.17) is 4.74 Å². The van der Waals surface area contributed by atoms with Crippen LogP contribution in [0.4, 0.5) is 0 Å². The summed E-state index contributed by atoms with van der Waals surface area (Å²) >= 11 is 0. The van der Waals surface area contributed by atoms with Gasteiger partial charge in [-0.3, -0.25) is 9.69 Å². The Morgan fingerprint density at radius 1 is 1.00 bits per heavy atom. The average molecular weight is 336 g/mol. The number of carbonyl (C=O) groups is 1. The second-order valence-electron chi connectivity index (χ2n) is 6.19. The largest absolute Gasteiger partial charge is 0.497 e. The second-order valence-corrected chi connectivity index (χ2v) is 6.19. The van der Waals surface area contributed by atoms with Crippen LogP contribution in [0.5, 0.6) is 5.75 Å². The number of amides is 1. The first-order valence-electron chi connectivity index (χ1n) is 8.62. The Balaban J connectivity index is 1.47. The molecule has 4 heteroatoms. The van der Waals surface area contributed by atoms with Crippen LogP contribution in [0.2, 0.25) is 0 Å². The number of piperazine rings is 1. The van der Waals surface area contributed by atoms with Crippen LogP contribution >= 0.6 is 0 Å². The number of hydrogen-bond acceptors (Lipinski definition) is 3. The molecule has 1 fully saturated rings. The maximum Gasteiger partial charge on any atom is 0.246 e. The van der Waals surface area contributed by atoms with Crippen molar-refractivity contribution in [3.05, 3.63) is 71.8 Å². The van der Waals surface area contributed by atoms with Gasteiger partial charge in [0.05, 0.1) is 7.11 Å². The summed E-state index contributed by atoms with van der Waals surface area (Å²) in [6.45, 7) is 4.25. The van der Waals surface area contributed by atoms with Gasteiger partial charge in [-0.25, -0.2) is 0 Å². The van der Waals surface area contributed by atoms with E-state index in [1.807, 2.05) is 53.4 Å². The molecule has 0 aliphatic carbocycles. The molecule has 0 aromatic heterocycles. The summed E-state index contributed by atoms with van der Waals surface area (Å²) in [7, 11) is 1.68. The molecule has 3 rings (SSSR count). The van der Waals surface area contributed by atoms with Crippen molar-refractivity contribution in [2.45, 2.75) is 6.54 Å². The predicted octanol–water partition coefficient (Wildman–Crippen LogP) is 3.05. The lowest BCUT2D eigenvalue weighted by molar-refractivity contribution is -0.127. The van der Waals surface area contributed by atoms with Crippen molar-refractivity contribution in [2.24, 2.45) is 0 Å². The molecule has 1 amide bonds. The van der Waals surface area contributed by atoms with Crippen LogP contribution in [0.15, 0.2) is 60.7 Å². The quantitative estimate of drug-likeness (QED) is 0.787. The maximum absolute atomic E-state index is 12.3. The normalized spacial score (nSPS) is 15.5. The Morgan fingerprint density at radius 2 is 1.68 bits per heavy atom. The minimum atomic E-state index is 0.0907. The summed E-state index contributed by atoms with van der Waals surface area (Å²) in [4.78, 5) is 16.6. The van der Waals surface area contributed by atoms with Crippen LogP contribution in [-0.2, 0) is 11.3 Å². The number of methoxy groups -OCH3 is 1. The van der Waals surface area contributed by atoms with Gasteiger partial charge in [-0.15, -0.1) is 0 Å². The fourth-order valence-corrected chi connectivity index (χ4v) is 2.95. The van der Waals surface area contributed by atoms with Gasteiger partial charge in [0.1, 0.15) is 5.75 Å². The third kappa shape index (κ3) is 4.94. The molecule has 0 atom stereocenters. The van der Waals surface area contributed by atoms with Gasteiger partial charge in [-0.1, -0.05) is 42.5 Å². The number of rotatable bonds is 5. The molecule has 2 aromatic rings. The Kier molecular flexibility index (Phi) is 5.86. The standard InChI is InChI=1S/C21H24N2O2/c1-25-20-10-7-19(8-11-20)17-22-13-15-23(16-14-22)21(24)12-9-18-5-3-2-4-6-18/h2-12H,13-17H2,1H3/b12-9+. The highest BCUT2D eigenvalue weighted by Gasteiger charge is 2.19. The van der Waals surface area contributed by atoms with E-state index in [-0.39, 0.29) is 5.91 Å². The molecule has 0 radical (unpaired) electrons. The second kappa shape index (κ2) is 8.49. The first-order chi connectivity index (χ1) is 12.2. The van der Waals surface area contributed by atoms with Crippen molar-refractivity contribution in [3.8, 4) is 5.75 Å². The molecule has 0 saturated carbocycles. The van der Waals surface area contributed by atoms with E-state index in [1.54, 1.807) is 13.2 Å². The van der Waals surface area contributed by atoms with Crippen molar-refractivity contribution in [2.75, 3.05) is 33.3 Å². The monoisotopic (exact) mass is 336 g/mol. The Bertz CT molecular complexity index is 702. The molecule has 0 N–H and O–H groups in total. The molecule has 130 valence electrons. The number of ether oxygens (including phenoxy) is 1. The number of carbonyl (C=O) groups excluding carboxylic acids is 1. The Morgan fingerprint density at radius 3 is 2.32 bits per heavy atom. The predicted molar refractivity (Wildman–Crippen MR) is 100 cm³/mol. The summed E-state index contributed by atoms with van der Waals surface area (Å²) in [5.41, 5.74) is 2.32. The molecule has 1 aliphatic heterocycles. The van der Waals surface area contributed by atoms with Crippen molar-refractivity contribution < 1.29 is 9.53 Å². The summed E-state index contributed by atoms with van der Waals surface area (Å²) in [6.07, 6.45) is 3.56. The highest BCUT2D eigenvalue weighted by Crippen LogP contribution is 2.14.